The molecule has 2 fully saturated rings. The molecule has 1 aromatic rings. The predicted molar refractivity (Wildman–Crippen MR) is 101 cm³/mol. The number of piperidine rings is 1. The maximum atomic E-state index is 12.6. The lowest BCUT2D eigenvalue weighted by Crippen LogP contribution is -2.34. The van der Waals surface area contributed by atoms with Gasteiger partial charge in [0.05, 0.1) is 11.7 Å². The Morgan fingerprint density at radius 2 is 1.86 bits per heavy atom. The van der Waals surface area contributed by atoms with Gasteiger partial charge in [0, 0.05) is 26.1 Å². The van der Waals surface area contributed by atoms with Crippen molar-refractivity contribution in [1.29, 1.82) is 0 Å². The highest BCUT2D eigenvalue weighted by atomic mass is 19.4. The van der Waals surface area contributed by atoms with Gasteiger partial charge in [-0.25, -0.2) is 0 Å². The van der Waals surface area contributed by atoms with Crippen molar-refractivity contribution < 1.29 is 22.7 Å². The van der Waals surface area contributed by atoms with E-state index in [4.69, 9.17) is 4.74 Å². The molecule has 0 saturated carbocycles. The highest BCUT2D eigenvalue weighted by Crippen LogP contribution is 2.29. The van der Waals surface area contributed by atoms with Gasteiger partial charge in [-0.2, -0.15) is 13.2 Å². The molecule has 4 nitrogen and oxygen atoms in total. The molecule has 0 bridgehead atoms. The second-order valence-electron chi connectivity index (χ2n) is 7.89. The van der Waals surface area contributed by atoms with Gasteiger partial charge < -0.3 is 10.1 Å². The summed E-state index contributed by atoms with van der Waals surface area (Å²) in [7, 11) is 0. The normalized spacial score (nSPS) is 21.8. The van der Waals surface area contributed by atoms with Gasteiger partial charge >= 0.3 is 6.18 Å². The molecule has 2 aliphatic rings. The Bertz CT molecular complexity index is 620. The van der Waals surface area contributed by atoms with Crippen molar-refractivity contribution in [2.45, 2.75) is 57.3 Å². The summed E-state index contributed by atoms with van der Waals surface area (Å²) in [6.45, 7) is 3.93. The monoisotopic (exact) mass is 398 g/mol. The van der Waals surface area contributed by atoms with Crippen LogP contribution < -0.4 is 5.32 Å². The number of hydrogen-bond acceptors (Lipinski definition) is 3. The Balaban J connectivity index is 1.32. The minimum atomic E-state index is -4.28. The van der Waals surface area contributed by atoms with Crippen molar-refractivity contribution in [3.63, 3.8) is 0 Å². The standard InChI is InChI=1S/C21H29F3N2O2/c22-21(23,24)18-6-3-17(4-7-18)15-26-11-9-16(10-12-26)5-8-20(27)25-14-19-2-1-13-28-19/h3-4,6-7,16,19H,1-2,5,8-15H2,(H,25,27). The summed E-state index contributed by atoms with van der Waals surface area (Å²) in [6.07, 6.45) is 1.50. The number of nitrogens with zero attached hydrogens (tertiary/aromatic N) is 1. The molecule has 1 unspecified atom stereocenters. The number of likely N-dealkylation sites (tertiary alicyclic amines) is 1. The van der Waals surface area contributed by atoms with Crippen molar-refractivity contribution in [3.05, 3.63) is 35.4 Å². The molecular weight excluding hydrogens is 369 g/mol. The second-order valence-corrected chi connectivity index (χ2v) is 7.89. The largest absolute Gasteiger partial charge is 0.416 e. The van der Waals surface area contributed by atoms with Crippen molar-refractivity contribution >= 4 is 5.91 Å². The molecule has 0 aromatic heterocycles. The highest BCUT2D eigenvalue weighted by molar-refractivity contribution is 5.75. The topological polar surface area (TPSA) is 41.6 Å². The molecule has 2 saturated heterocycles. The molecule has 0 radical (unpaired) electrons. The third-order valence-electron chi connectivity index (χ3n) is 5.73. The summed E-state index contributed by atoms with van der Waals surface area (Å²) in [5, 5.41) is 2.97. The van der Waals surface area contributed by atoms with Crippen molar-refractivity contribution in [3.8, 4) is 0 Å². The van der Waals surface area contributed by atoms with Gasteiger partial charge in [0.25, 0.3) is 0 Å². The summed E-state index contributed by atoms with van der Waals surface area (Å²) in [5.74, 6) is 0.639. The van der Waals surface area contributed by atoms with Gasteiger partial charge in [0.1, 0.15) is 0 Å². The fourth-order valence-corrected chi connectivity index (χ4v) is 3.95. The molecule has 2 aliphatic heterocycles. The minimum absolute atomic E-state index is 0.0997. The lowest BCUT2D eigenvalue weighted by atomic mass is 9.92. The first-order chi connectivity index (χ1) is 13.4. The molecular formula is C21H29F3N2O2. The number of carbonyl (C=O) groups is 1. The van der Waals surface area contributed by atoms with E-state index < -0.39 is 11.7 Å². The minimum Gasteiger partial charge on any atom is -0.376 e. The van der Waals surface area contributed by atoms with Crippen LogP contribution in [0.25, 0.3) is 0 Å². The molecule has 28 heavy (non-hydrogen) atoms. The number of alkyl halides is 3. The van der Waals surface area contributed by atoms with Crippen LogP contribution in [0.3, 0.4) is 0 Å². The van der Waals surface area contributed by atoms with Gasteiger partial charge in [-0.1, -0.05) is 12.1 Å². The molecule has 2 heterocycles. The maximum absolute atomic E-state index is 12.6. The van der Waals surface area contributed by atoms with Crippen molar-refractivity contribution in [1.82, 2.24) is 10.2 Å². The summed E-state index contributed by atoms with van der Waals surface area (Å²) in [6, 6.07) is 5.43. The second kappa shape index (κ2) is 9.74. The molecule has 1 N–H and O–H groups in total. The number of rotatable bonds is 7. The van der Waals surface area contributed by atoms with E-state index in [0.29, 0.717) is 25.4 Å². The van der Waals surface area contributed by atoms with Crippen molar-refractivity contribution in [2.24, 2.45) is 5.92 Å². The molecule has 0 aliphatic carbocycles. The summed E-state index contributed by atoms with van der Waals surface area (Å²) >= 11 is 0. The van der Waals surface area contributed by atoms with Crippen LogP contribution in [0.15, 0.2) is 24.3 Å². The zero-order chi connectivity index (χ0) is 20.0. The van der Waals surface area contributed by atoms with Crippen LogP contribution in [0.5, 0.6) is 0 Å². The number of carbonyl (C=O) groups excluding carboxylic acids is 1. The van der Waals surface area contributed by atoms with Crippen LogP contribution in [0.4, 0.5) is 13.2 Å². The number of halogens is 3. The fraction of sp³-hybridized carbons (Fsp3) is 0.667. The van der Waals surface area contributed by atoms with E-state index in [1.165, 1.54) is 0 Å². The average Bonchev–Trinajstić information content (AvgIpc) is 3.19. The van der Waals surface area contributed by atoms with E-state index in [1.54, 1.807) is 12.1 Å². The SMILES string of the molecule is O=C(CCC1CCN(Cc2ccc(C(F)(F)F)cc2)CC1)NCC1CCCO1. The molecule has 156 valence electrons. The van der Waals surface area contributed by atoms with E-state index in [1.807, 2.05) is 0 Å². The quantitative estimate of drug-likeness (QED) is 0.755. The van der Waals surface area contributed by atoms with Crippen molar-refractivity contribution in [2.75, 3.05) is 26.2 Å². The van der Waals surface area contributed by atoms with Gasteiger partial charge in [-0.15, -0.1) is 0 Å². The average molecular weight is 398 g/mol. The zero-order valence-electron chi connectivity index (χ0n) is 16.1. The highest BCUT2D eigenvalue weighted by Gasteiger charge is 2.30. The number of benzene rings is 1. The molecule has 1 amide bonds. The Morgan fingerprint density at radius 1 is 1.14 bits per heavy atom. The number of ether oxygens (including phenoxy) is 1. The van der Waals surface area contributed by atoms with Gasteiger partial charge in [0.2, 0.25) is 5.91 Å². The third kappa shape index (κ3) is 6.48. The number of amides is 1. The Morgan fingerprint density at radius 3 is 2.46 bits per heavy atom. The lowest BCUT2D eigenvalue weighted by Gasteiger charge is -2.32. The fourth-order valence-electron chi connectivity index (χ4n) is 3.95. The van der Waals surface area contributed by atoms with E-state index in [9.17, 15) is 18.0 Å². The predicted octanol–water partition coefficient (Wildman–Crippen LogP) is 3.99. The summed E-state index contributed by atoms with van der Waals surface area (Å²) in [5.41, 5.74) is 0.299. The van der Waals surface area contributed by atoms with Gasteiger partial charge in [-0.3, -0.25) is 9.69 Å². The van der Waals surface area contributed by atoms with Crippen LogP contribution >= 0.6 is 0 Å². The summed E-state index contributed by atoms with van der Waals surface area (Å²) in [4.78, 5) is 14.3. The zero-order valence-corrected chi connectivity index (χ0v) is 16.1. The Labute approximate surface area is 164 Å². The third-order valence-corrected chi connectivity index (χ3v) is 5.73. The Hall–Kier alpha value is -1.60. The molecule has 0 spiro atoms. The smallest absolute Gasteiger partial charge is 0.376 e. The van der Waals surface area contributed by atoms with E-state index in [-0.39, 0.29) is 12.0 Å². The van der Waals surface area contributed by atoms with E-state index in [2.05, 4.69) is 10.2 Å². The van der Waals surface area contributed by atoms with Crippen LogP contribution in [0, 0.1) is 5.92 Å². The summed E-state index contributed by atoms with van der Waals surface area (Å²) < 4.78 is 43.4. The van der Waals surface area contributed by atoms with Gasteiger partial charge in [0.15, 0.2) is 0 Å². The first kappa shape index (κ1) is 21.1. The molecule has 7 heteroatoms. The first-order valence-corrected chi connectivity index (χ1v) is 10.2. The van der Waals surface area contributed by atoms with Crippen LogP contribution in [0.1, 0.15) is 49.7 Å². The first-order valence-electron chi connectivity index (χ1n) is 10.2. The Kier molecular flexibility index (Phi) is 7.35. The van der Waals surface area contributed by atoms with E-state index >= 15 is 0 Å². The molecule has 3 rings (SSSR count). The molecule has 1 aromatic carbocycles. The number of nitrogens with one attached hydrogen (secondary N) is 1. The van der Waals surface area contributed by atoms with Crippen LogP contribution in [-0.4, -0.2) is 43.2 Å². The van der Waals surface area contributed by atoms with Crippen LogP contribution in [0.2, 0.25) is 0 Å². The van der Waals surface area contributed by atoms with E-state index in [0.717, 1.165) is 69.5 Å². The van der Waals surface area contributed by atoms with Crippen LogP contribution in [-0.2, 0) is 22.3 Å². The lowest BCUT2D eigenvalue weighted by molar-refractivity contribution is -0.137. The molecule has 1 atom stereocenters. The maximum Gasteiger partial charge on any atom is 0.416 e. The number of hydrogen-bond donors (Lipinski definition) is 1. The van der Waals surface area contributed by atoms with Gasteiger partial charge in [-0.05, 0) is 68.8 Å².